The summed E-state index contributed by atoms with van der Waals surface area (Å²) in [4.78, 5) is 20.3. The molecular formula is C10H18N2O4. The van der Waals surface area contributed by atoms with Gasteiger partial charge in [-0.3, -0.25) is 9.59 Å². The third kappa shape index (κ3) is 4.16. The van der Waals surface area contributed by atoms with Gasteiger partial charge in [0.15, 0.2) is 0 Å². The van der Waals surface area contributed by atoms with Crippen LogP contribution in [0.4, 0.5) is 0 Å². The van der Waals surface area contributed by atoms with E-state index in [1.807, 2.05) is 0 Å². The molecule has 0 amide bonds. The van der Waals surface area contributed by atoms with Crippen molar-refractivity contribution in [3.8, 4) is 0 Å². The molecule has 0 radical (unpaired) electrons. The number of carbonyl (C=O) groups is 2. The Morgan fingerprint density at radius 3 is 1.38 bits per heavy atom. The Kier molecular flexibility index (Phi) is 5.21. The van der Waals surface area contributed by atoms with E-state index >= 15 is 0 Å². The van der Waals surface area contributed by atoms with Crippen LogP contribution in [0.5, 0.6) is 0 Å². The van der Waals surface area contributed by atoms with E-state index in [9.17, 15) is 9.59 Å². The van der Waals surface area contributed by atoms with Crippen LogP contribution in [-0.2, 0) is 9.59 Å². The molecule has 6 nitrogen and oxygen atoms in total. The van der Waals surface area contributed by atoms with Gasteiger partial charge in [-0.2, -0.15) is 0 Å². The van der Waals surface area contributed by atoms with Crippen LogP contribution in [0.1, 0.15) is 25.7 Å². The molecule has 0 aliphatic carbocycles. The number of hydrogen-bond acceptors (Lipinski definition) is 4. The van der Waals surface area contributed by atoms with Crippen molar-refractivity contribution in [3.63, 3.8) is 0 Å². The largest absolute Gasteiger partial charge is 0.480 e. The normalized spacial score (nSPS) is 28.2. The van der Waals surface area contributed by atoms with Crippen molar-refractivity contribution >= 4 is 11.9 Å². The molecule has 0 spiro atoms. The van der Waals surface area contributed by atoms with E-state index in [1.54, 1.807) is 0 Å². The second kappa shape index (κ2) is 6.44. The first-order valence-electron chi connectivity index (χ1n) is 5.53. The van der Waals surface area contributed by atoms with Crippen molar-refractivity contribution in [2.75, 3.05) is 13.1 Å². The zero-order valence-electron chi connectivity index (χ0n) is 9.11. The molecule has 0 saturated carbocycles. The van der Waals surface area contributed by atoms with Crippen LogP contribution in [0.25, 0.3) is 0 Å². The van der Waals surface area contributed by atoms with E-state index in [1.165, 1.54) is 0 Å². The van der Waals surface area contributed by atoms with E-state index in [0.717, 1.165) is 38.8 Å². The minimum absolute atomic E-state index is 0.269. The molecule has 2 aliphatic rings. The summed E-state index contributed by atoms with van der Waals surface area (Å²) in [5, 5.41) is 22.4. The smallest absolute Gasteiger partial charge is 0.320 e. The van der Waals surface area contributed by atoms with E-state index in [2.05, 4.69) is 10.6 Å². The predicted molar refractivity (Wildman–Crippen MR) is 57.3 cm³/mol. The van der Waals surface area contributed by atoms with Gasteiger partial charge in [0, 0.05) is 0 Å². The fraction of sp³-hybridized carbons (Fsp3) is 0.800. The number of hydrogen-bond donors (Lipinski definition) is 4. The van der Waals surface area contributed by atoms with E-state index in [4.69, 9.17) is 10.2 Å². The lowest BCUT2D eigenvalue weighted by atomic mass is 10.2. The maximum absolute atomic E-state index is 10.1. The molecule has 92 valence electrons. The molecular weight excluding hydrogens is 212 g/mol. The Bertz CT molecular complexity index is 219. The minimum Gasteiger partial charge on any atom is -0.480 e. The molecule has 1 unspecified atom stereocenters. The highest BCUT2D eigenvalue weighted by atomic mass is 16.4. The Balaban J connectivity index is 0.000000160. The van der Waals surface area contributed by atoms with Crippen LogP contribution in [0.3, 0.4) is 0 Å². The van der Waals surface area contributed by atoms with Crippen LogP contribution in [0, 0.1) is 0 Å². The highest BCUT2D eigenvalue weighted by Gasteiger charge is 2.20. The van der Waals surface area contributed by atoms with Gasteiger partial charge in [0.25, 0.3) is 0 Å². The zero-order valence-corrected chi connectivity index (χ0v) is 9.11. The monoisotopic (exact) mass is 230 g/mol. The molecule has 6 heteroatoms. The number of aliphatic carboxylic acids is 2. The highest BCUT2D eigenvalue weighted by Crippen LogP contribution is 2.04. The van der Waals surface area contributed by atoms with Crippen molar-refractivity contribution in [3.05, 3.63) is 0 Å². The Morgan fingerprint density at radius 1 is 0.875 bits per heavy atom. The van der Waals surface area contributed by atoms with Gasteiger partial charge in [0.1, 0.15) is 12.1 Å². The minimum atomic E-state index is -0.720. The Hall–Kier alpha value is -1.14. The van der Waals surface area contributed by atoms with Gasteiger partial charge in [-0.15, -0.1) is 0 Å². The fourth-order valence-corrected chi connectivity index (χ4v) is 1.79. The molecule has 2 saturated heterocycles. The number of rotatable bonds is 2. The summed E-state index contributed by atoms with van der Waals surface area (Å²) in [5.74, 6) is -1.44. The second-order valence-corrected chi connectivity index (χ2v) is 3.97. The topological polar surface area (TPSA) is 98.7 Å². The summed E-state index contributed by atoms with van der Waals surface area (Å²) >= 11 is 0. The molecule has 2 aliphatic heterocycles. The summed E-state index contributed by atoms with van der Waals surface area (Å²) in [7, 11) is 0. The molecule has 0 aromatic rings. The summed E-state index contributed by atoms with van der Waals surface area (Å²) < 4.78 is 0. The van der Waals surface area contributed by atoms with Crippen molar-refractivity contribution in [1.82, 2.24) is 10.6 Å². The third-order valence-electron chi connectivity index (χ3n) is 2.72. The molecule has 2 atom stereocenters. The first-order valence-corrected chi connectivity index (χ1v) is 5.53. The van der Waals surface area contributed by atoms with Crippen LogP contribution in [-0.4, -0.2) is 47.3 Å². The summed E-state index contributed by atoms with van der Waals surface area (Å²) in [6.45, 7) is 1.72. The lowest BCUT2D eigenvalue weighted by molar-refractivity contribution is -0.140. The van der Waals surface area contributed by atoms with Gasteiger partial charge in [-0.25, -0.2) is 0 Å². The van der Waals surface area contributed by atoms with Crippen molar-refractivity contribution in [2.45, 2.75) is 37.8 Å². The number of carboxylic acid groups (broad SMARTS) is 2. The first-order chi connectivity index (χ1) is 7.61. The molecule has 4 N–H and O–H groups in total. The van der Waals surface area contributed by atoms with Crippen LogP contribution >= 0.6 is 0 Å². The third-order valence-corrected chi connectivity index (χ3v) is 2.72. The lowest BCUT2D eigenvalue weighted by Crippen LogP contribution is -2.29. The predicted octanol–water partition coefficient (Wildman–Crippen LogP) is -0.354. The van der Waals surface area contributed by atoms with Gasteiger partial charge >= 0.3 is 11.9 Å². The molecule has 16 heavy (non-hydrogen) atoms. The fourth-order valence-electron chi connectivity index (χ4n) is 1.79. The van der Waals surface area contributed by atoms with Crippen LogP contribution < -0.4 is 10.6 Å². The number of nitrogens with one attached hydrogen (secondary N) is 2. The van der Waals surface area contributed by atoms with Gasteiger partial charge < -0.3 is 20.8 Å². The summed E-state index contributed by atoms with van der Waals surface area (Å²) in [5.41, 5.74) is 0. The molecule has 2 heterocycles. The Labute approximate surface area is 94.0 Å². The van der Waals surface area contributed by atoms with Crippen molar-refractivity contribution < 1.29 is 19.8 Å². The van der Waals surface area contributed by atoms with Crippen LogP contribution in [0.2, 0.25) is 0 Å². The molecule has 0 bridgehead atoms. The van der Waals surface area contributed by atoms with Gasteiger partial charge in [0.2, 0.25) is 0 Å². The lowest BCUT2D eigenvalue weighted by Gasteiger charge is -1.99. The summed E-state index contributed by atoms with van der Waals surface area (Å²) in [6.07, 6.45) is 3.57. The van der Waals surface area contributed by atoms with Gasteiger partial charge in [-0.05, 0) is 38.8 Å². The number of carboxylic acids is 2. The zero-order chi connectivity index (χ0) is 12.0. The van der Waals surface area contributed by atoms with E-state index < -0.39 is 11.9 Å². The maximum Gasteiger partial charge on any atom is 0.320 e. The molecule has 0 aromatic heterocycles. The maximum atomic E-state index is 10.1. The average Bonchev–Trinajstić information content (AvgIpc) is 2.93. The van der Waals surface area contributed by atoms with Crippen LogP contribution in [0.15, 0.2) is 0 Å². The Morgan fingerprint density at radius 2 is 1.25 bits per heavy atom. The second-order valence-electron chi connectivity index (χ2n) is 3.97. The highest BCUT2D eigenvalue weighted by molar-refractivity contribution is 5.74. The van der Waals surface area contributed by atoms with E-state index in [-0.39, 0.29) is 12.1 Å². The van der Waals surface area contributed by atoms with E-state index in [0.29, 0.717) is 0 Å². The quantitative estimate of drug-likeness (QED) is 0.517. The molecule has 2 fully saturated rings. The summed E-state index contributed by atoms with van der Waals surface area (Å²) in [6, 6.07) is -0.537. The van der Waals surface area contributed by atoms with Crippen molar-refractivity contribution in [2.24, 2.45) is 0 Å². The molecule has 2 rings (SSSR count). The van der Waals surface area contributed by atoms with Crippen molar-refractivity contribution in [1.29, 1.82) is 0 Å². The van der Waals surface area contributed by atoms with Gasteiger partial charge in [-0.1, -0.05) is 0 Å². The molecule has 0 aromatic carbocycles. The first kappa shape index (κ1) is 12.9. The van der Waals surface area contributed by atoms with Gasteiger partial charge in [0.05, 0.1) is 0 Å². The standard InChI is InChI=1S/2C5H9NO2/c2*7-5(8)4-2-1-3-6-4/h2*4,6H,1-3H2,(H,7,8)/t4-;/m0./s1. The SMILES string of the molecule is O=C(O)C1CCCN1.O=C(O)[C@@H]1CCCN1. The average molecular weight is 230 g/mol.